The summed E-state index contributed by atoms with van der Waals surface area (Å²) in [6, 6.07) is 6.44. The van der Waals surface area contributed by atoms with Crippen molar-refractivity contribution in [3.8, 4) is 5.75 Å². The van der Waals surface area contributed by atoms with Crippen LogP contribution < -0.4 is 10.1 Å². The molecule has 0 saturated carbocycles. The van der Waals surface area contributed by atoms with Crippen LogP contribution in [-0.4, -0.2) is 30.4 Å². The molecule has 0 amide bonds. The average molecular weight is 247 g/mol. The Morgan fingerprint density at radius 3 is 3.00 bits per heavy atom. The number of hydrogen-bond donors (Lipinski definition) is 2. The topological polar surface area (TPSA) is 41.5 Å². The van der Waals surface area contributed by atoms with E-state index < -0.39 is 6.10 Å². The molecule has 1 aromatic rings. The lowest BCUT2D eigenvalue weighted by molar-refractivity contribution is 0.104. The molecule has 0 saturated heterocycles. The Morgan fingerprint density at radius 1 is 1.39 bits per heavy atom. The predicted molar refractivity (Wildman–Crippen MR) is 73.8 cm³/mol. The third kappa shape index (κ3) is 3.34. The summed E-state index contributed by atoms with van der Waals surface area (Å²) in [5.41, 5.74) is 2.45. The van der Waals surface area contributed by atoms with Crippen LogP contribution in [-0.2, 0) is 6.42 Å². The largest absolute Gasteiger partial charge is 0.490 e. The normalized spacial score (nSPS) is 14.9. The number of aliphatic hydroxyl groups excluding tert-OH is 1. The summed E-state index contributed by atoms with van der Waals surface area (Å²) in [7, 11) is 0. The number of aliphatic hydroxyl groups is 1. The van der Waals surface area contributed by atoms with Crippen LogP contribution in [0, 0.1) is 0 Å². The summed E-state index contributed by atoms with van der Waals surface area (Å²) >= 11 is 0. The van der Waals surface area contributed by atoms with E-state index in [0.29, 0.717) is 19.2 Å². The first kappa shape index (κ1) is 13.1. The number of ether oxygens (including phenoxy) is 1. The minimum Gasteiger partial charge on any atom is -0.490 e. The molecule has 2 N–H and O–H groups in total. The smallest absolute Gasteiger partial charge is 0.126 e. The maximum Gasteiger partial charge on any atom is 0.126 e. The molecule has 2 rings (SSSR count). The molecule has 0 aliphatic heterocycles. The molecular formula is C15H21NO2. The van der Waals surface area contributed by atoms with Crippen molar-refractivity contribution >= 4 is 6.08 Å². The van der Waals surface area contributed by atoms with Gasteiger partial charge in [-0.2, -0.15) is 0 Å². The van der Waals surface area contributed by atoms with Crippen molar-refractivity contribution in [2.45, 2.75) is 32.4 Å². The molecule has 0 spiro atoms. The van der Waals surface area contributed by atoms with Crippen molar-refractivity contribution < 1.29 is 9.84 Å². The van der Waals surface area contributed by atoms with Gasteiger partial charge in [-0.05, 0) is 18.1 Å². The number of nitrogens with one attached hydrogen (secondary N) is 1. The second kappa shape index (κ2) is 6.03. The molecule has 3 heteroatoms. The van der Waals surface area contributed by atoms with Crippen LogP contribution in [0.3, 0.4) is 0 Å². The molecule has 98 valence electrons. The third-order valence-electron chi connectivity index (χ3n) is 2.97. The van der Waals surface area contributed by atoms with Gasteiger partial charge in [-0.15, -0.1) is 0 Å². The van der Waals surface area contributed by atoms with Crippen LogP contribution in [0.5, 0.6) is 5.75 Å². The van der Waals surface area contributed by atoms with Crippen molar-refractivity contribution in [2.24, 2.45) is 0 Å². The first-order valence-corrected chi connectivity index (χ1v) is 6.49. The first-order chi connectivity index (χ1) is 8.66. The van der Waals surface area contributed by atoms with Gasteiger partial charge in [0.25, 0.3) is 0 Å². The zero-order valence-corrected chi connectivity index (χ0v) is 11.0. The molecule has 0 fully saturated rings. The molecule has 1 aliphatic rings. The number of allylic oxidation sites excluding steroid dienone is 1. The van der Waals surface area contributed by atoms with Gasteiger partial charge < -0.3 is 15.2 Å². The molecule has 3 nitrogen and oxygen atoms in total. The van der Waals surface area contributed by atoms with E-state index in [-0.39, 0.29) is 0 Å². The lowest BCUT2D eigenvalue weighted by atomic mass is 10.1. The molecule has 0 radical (unpaired) electrons. The second-order valence-corrected chi connectivity index (χ2v) is 4.96. The van der Waals surface area contributed by atoms with Gasteiger partial charge in [0.1, 0.15) is 18.5 Å². The van der Waals surface area contributed by atoms with Crippen molar-refractivity contribution in [1.29, 1.82) is 0 Å². The number of benzene rings is 1. The van der Waals surface area contributed by atoms with Gasteiger partial charge in [-0.25, -0.2) is 0 Å². The van der Waals surface area contributed by atoms with E-state index in [1.54, 1.807) is 0 Å². The van der Waals surface area contributed by atoms with Gasteiger partial charge in [0.05, 0.1) is 0 Å². The first-order valence-electron chi connectivity index (χ1n) is 6.49. The Hall–Kier alpha value is -1.32. The quantitative estimate of drug-likeness (QED) is 0.808. The Kier molecular flexibility index (Phi) is 4.39. The summed E-state index contributed by atoms with van der Waals surface area (Å²) in [5, 5.41) is 13.0. The van der Waals surface area contributed by atoms with Gasteiger partial charge in [0.2, 0.25) is 0 Å². The molecule has 1 aliphatic carbocycles. The summed E-state index contributed by atoms with van der Waals surface area (Å²) in [5.74, 6) is 0.866. The number of hydrogen-bond acceptors (Lipinski definition) is 3. The summed E-state index contributed by atoms with van der Waals surface area (Å²) in [4.78, 5) is 0. The van der Waals surface area contributed by atoms with Crippen molar-refractivity contribution in [2.75, 3.05) is 13.2 Å². The fourth-order valence-corrected chi connectivity index (χ4v) is 2.00. The minimum atomic E-state index is -0.478. The Labute approximate surface area is 108 Å². The molecule has 0 heterocycles. The summed E-state index contributed by atoms with van der Waals surface area (Å²) in [6.07, 6.45) is 4.72. The van der Waals surface area contributed by atoms with Crippen LogP contribution in [0.1, 0.15) is 25.0 Å². The van der Waals surface area contributed by atoms with Gasteiger partial charge in [0, 0.05) is 18.2 Å². The van der Waals surface area contributed by atoms with E-state index in [1.807, 2.05) is 12.1 Å². The summed E-state index contributed by atoms with van der Waals surface area (Å²) in [6.45, 7) is 5.00. The lowest BCUT2D eigenvalue weighted by Crippen LogP contribution is -2.35. The van der Waals surface area contributed by atoms with Crippen molar-refractivity contribution in [1.82, 2.24) is 5.32 Å². The lowest BCUT2D eigenvalue weighted by Gasteiger charge is -2.16. The van der Waals surface area contributed by atoms with Gasteiger partial charge in [0.15, 0.2) is 0 Å². The zero-order chi connectivity index (χ0) is 13.0. The van der Waals surface area contributed by atoms with Gasteiger partial charge in [-0.1, -0.05) is 38.1 Å². The fraction of sp³-hybridized carbons (Fsp3) is 0.467. The predicted octanol–water partition coefficient (Wildman–Crippen LogP) is 1.99. The highest BCUT2D eigenvalue weighted by Gasteiger charge is 2.12. The molecule has 0 bridgehead atoms. The van der Waals surface area contributed by atoms with Crippen LogP contribution in [0.15, 0.2) is 24.3 Å². The number of rotatable bonds is 6. The van der Waals surface area contributed by atoms with E-state index in [1.165, 1.54) is 5.56 Å². The van der Waals surface area contributed by atoms with E-state index in [9.17, 15) is 5.11 Å². The maximum atomic E-state index is 9.80. The van der Waals surface area contributed by atoms with Crippen molar-refractivity contribution in [3.05, 3.63) is 35.4 Å². The Bertz CT molecular complexity index is 427. The zero-order valence-electron chi connectivity index (χ0n) is 11.0. The van der Waals surface area contributed by atoms with Crippen LogP contribution >= 0.6 is 0 Å². The van der Waals surface area contributed by atoms with Gasteiger partial charge >= 0.3 is 0 Å². The van der Waals surface area contributed by atoms with E-state index in [0.717, 1.165) is 17.7 Å². The highest BCUT2D eigenvalue weighted by Crippen LogP contribution is 2.28. The van der Waals surface area contributed by atoms with E-state index in [2.05, 4.69) is 37.4 Å². The third-order valence-corrected chi connectivity index (χ3v) is 2.97. The summed E-state index contributed by atoms with van der Waals surface area (Å²) < 4.78 is 5.70. The van der Waals surface area contributed by atoms with Crippen LogP contribution in [0.25, 0.3) is 6.08 Å². The maximum absolute atomic E-state index is 9.80. The Balaban J connectivity index is 1.87. The fourth-order valence-electron chi connectivity index (χ4n) is 2.00. The monoisotopic (exact) mass is 247 g/mol. The molecule has 0 aromatic heterocycles. The molecule has 18 heavy (non-hydrogen) atoms. The van der Waals surface area contributed by atoms with E-state index in [4.69, 9.17) is 4.74 Å². The number of fused-ring (bicyclic) bond motifs is 1. The minimum absolute atomic E-state index is 0.323. The SMILES string of the molecule is CC(C)NC[C@@H](O)COc1cccc2c1C=CC2. The standard InChI is InChI=1S/C15H21NO2/c1-11(2)16-9-13(17)10-18-15-8-4-6-12-5-3-7-14(12)15/h3-4,6-8,11,13,16-17H,5,9-10H2,1-2H3/t13-/m1/s1. The van der Waals surface area contributed by atoms with Gasteiger partial charge in [-0.3, -0.25) is 0 Å². The molecule has 0 unspecified atom stereocenters. The molecule has 1 aromatic carbocycles. The van der Waals surface area contributed by atoms with Crippen LogP contribution in [0.2, 0.25) is 0 Å². The highest BCUT2D eigenvalue weighted by molar-refractivity contribution is 5.65. The molecular weight excluding hydrogens is 226 g/mol. The highest BCUT2D eigenvalue weighted by atomic mass is 16.5. The Morgan fingerprint density at radius 2 is 2.22 bits per heavy atom. The second-order valence-electron chi connectivity index (χ2n) is 4.96. The molecule has 1 atom stereocenters. The van der Waals surface area contributed by atoms with E-state index >= 15 is 0 Å². The van der Waals surface area contributed by atoms with Crippen LogP contribution in [0.4, 0.5) is 0 Å². The van der Waals surface area contributed by atoms with Crippen molar-refractivity contribution in [3.63, 3.8) is 0 Å². The average Bonchev–Trinajstić information content (AvgIpc) is 2.82.